The van der Waals surface area contributed by atoms with Crippen molar-refractivity contribution in [3.63, 3.8) is 0 Å². The molecule has 1 aromatic heterocycles. The van der Waals surface area contributed by atoms with Gasteiger partial charge in [0.25, 0.3) is 0 Å². The Morgan fingerprint density at radius 3 is 2.36 bits per heavy atom. The van der Waals surface area contributed by atoms with Crippen molar-refractivity contribution in [1.29, 1.82) is 5.26 Å². The van der Waals surface area contributed by atoms with E-state index in [0.717, 1.165) is 72.5 Å². The molecule has 45 heavy (non-hydrogen) atoms. The topological polar surface area (TPSA) is 80.5 Å². The second kappa shape index (κ2) is 14.2. The molecule has 228 valence electrons. The third-order valence-electron chi connectivity index (χ3n) is 8.59. The van der Waals surface area contributed by atoms with E-state index in [1.165, 1.54) is 5.56 Å². The summed E-state index contributed by atoms with van der Waals surface area (Å²) in [4.78, 5) is 12.2. The molecule has 0 radical (unpaired) electrons. The fourth-order valence-electron chi connectivity index (χ4n) is 6.06. The van der Waals surface area contributed by atoms with Gasteiger partial charge < -0.3 is 14.2 Å². The van der Waals surface area contributed by atoms with Crippen LogP contribution in [0, 0.1) is 17.2 Å². The highest BCUT2D eigenvalue weighted by Crippen LogP contribution is 2.31. The molecule has 1 aliphatic heterocycles. The number of aromatic nitrogens is 2. The first-order valence-electron chi connectivity index (χ1n) is 15.5. The number of ether oxygens (including phenoxy) is 3. The zero-order chi connectivity index (χ0) is 31.0. The van der Waals surface area contributed by atoms with Crippen LogP contribution in [0.1, 0.15) is 46.4 Å². The Balaban J connectivity index is 1.12. The predicted octanol–water partition coefficient (Wildman–Crippen LogP) is 7.14. The molecular formula is C38H38N4O3. The quantitative estimate of drug-likeness (QED) is 0.160. The summed E-state index contributed by atoms with van der Waals surface area (Å²) in [6, 6.07) is 30.8. The summed E-state index contributed by atoms with van der Waals surface area (Å²) in [5.74, 6) is 2.69. The molecule has 0 saturated carbocycles. The summed E-state index contributed by atoms with van der Waals surface area (Å²) >= 11 is 0. The molecule has 7 heteroatoms. The molecule has 5 aromatic rings. The van der Waals surface area contributed by atoms with Crippen LogP contribution in [0.5, 0.6) is 17.2 Å². The molecule has 0 amide bonds. The number of likely N-dealkylation sites (tertiary alicyclic amines) is 1. The molecule has 2 heterocycles. The van der Waals surface area contributed by atoms with E-state index in [-0.39, 0.29) is 0 Å². The number of fused-ring (bicyclic) bond motifs is 1. The Kier molecular flexibility index (Phi) is 9.53. The lowest BCUT2D eigenvalue weighted by atomic mass is 9.92. The molecule has 6 rings (SSSR count). The van der Waals surface area contributed by atoms with Gasteiger partial charge in [-0.2, -0.15) is 5.26 Å². The average molecular weight is 599 g/mol. The van der Waals surface area contributed by atoms with Crippen LogP contribution in [-0.4, -0.2) is 42.2 Å². The normalized spacial score (nSPS) is 13.8. The first-order chi connectivity index (χ1) is 22.1. The zero-order valence-electron chi connectivity index (χ0n) is 25.9. The van der Waals surface area contributed by atoms with E-state index in [1.54, 1.807) is 14.2 Å². The molecule has 1 fully saturated rings. The number of piperidine rings is 1. The average Bonchev–Trinajstić information content (AvgIpc) is 3.09. The predicted molar refractivity (Wildman–Crippen MR) is 176 cm³/mol. The molecule has 0 atom stereocenters. The number of nitriles is 1. The maximum atomic E-state index is 10.2. The van der Waals surface area contributed by atoms with Gasteiger partial charge in [-0.3, -0.25) is 9.88 Å². The minimum Gasteiger partial charge on any atom is -0.497 e. The lowest BCUT2D eigenvalue weighted by Crippen LogP contribution is -2.33. The van der Waals surface area contributed by atoms with Crippen LogP contribution in [0.3, 0.4) is 0 Å². The lowest BCUT2D eigenvalue weighted by molar-refractivity contribution is 0.176. The number of hydrogen-bond donors (Lipinski definition) is 0. The van der Waals surface area contributed by atoms with Gasteiger partial charge in [0.1, 0.15) is 23.9 Å². The molecule has 0 N–H and O–H groups in total. The summed E-state index contributed by atoms with van der Waals surface area (Å²) in [7, 11) is 3.29. The van der Waals surface area contributed by atoms with Crippen molar-refractivity contribution in [2.75, 3.05) is 27.3 Å². The van der Waals surface area contributed by atoms with E-state index < -0.39 is 0 Å². The van der Waals surface area contributed by atoms with Gasteiger partial charge in [0.15, 0.2) is 11.5 Å². The van der Waals surface area contributed by atoms with Crippen molar-refractivity contribution in [3.8, 4) is 23.3 Å². The summed E-state index contributed by atoms with van der Waals surface area (Å²) in [6.45, 7) is 3.59. The van der Waals surface area contributed by atoms with Crippen molar-refractivity contribution >= 4 is 11.0 Å². The second-order valence-corrected chi connectivity index (χ2v) is 11.6. The Hall–Kier alpha value is -4.93. The molecule has 1 saturated heterocycles. The molecule has 0 aliphatic carbocycles. The van der Waals surface area contributed by atoms with Gasteiger partial charge in [-0.05, 0) is 97.3 Å². The van der Waals surface area contributed by atoms with Crippen LogP contribution in [0.25, 0.3) is 11.0 Å². The summed E-state index contributed by atoms with van der Waals surface area (Å²) in [5, 5.41) is 10.2. The van der Waals surface area contributed by atoms with Gasteiger partial charge >= 0.3 is 0 Å². The molecular weight excluding hydrogens is 560 g/mol. The van der Waals surface area contributed by atoms with Crippen molar-refractivity contribution in [1.82, 2.24) is 14.9 Å². The van der Waals surface area contributed by atoms with Gasteiger partial charge in [0, 0.05) is 12.7 Å². The number of rotatable bonds is 11. The van der Waals surface area contributed by atoms with Crippen molar-refractivity contribution < 1.29 is 14.2 Å². The zero-order valence-corrected chi connectivity index (χ0v) is 25.9. The number of nitrogens with zero attached hydrogens (tertiary/aromatic N) is 4. The first kappa shape index (κ1) is 30.1. The Morgan fingerprint density at radius 2 is 1.62 bits per heavy atom. The van der Waals surface area contributed by atoms with E-state index in [2.05, 4.69) is 41.3 Å². The highest BCUT2D eigenvalue weighted by molar-refractivity contribution is 5.82. The van der Waals surface area contributed by atoms with Crippen LogP contribution in [-0.2, 0) is 26.0 Å². The van der Waals surface area contributed by atoms with Crippen LogP contribution in [0.15, 0.2) is 91.1 Å². The number of benzene rings is 4. The molecule has 0 unspecified atom stereocenters. The van der Waals surface area contributed by atoms with Crippen molar-refractivity contribution in [3.05, 3.63) is 125 Å². The molecule has 7 nitrogen and oxygen atoms in total. The van der Waals surface area contributed by atoms with Crippen LogP contribution in [0.2, 0.25) is 0 Å². The SMILES string of the molecule is COc1ccc(COc2ccc(Cc3ccc4ncc(CC5CCN(Cc6ccccc6)CC5)nc4c3C#N)cc2OC)cc1. The Labute approximate surface area is 265 Å². The van der Waals surface area contributed by atoms with Crippen LogP contribution in [0.4, 0.5) is 0 Å². The highest BCUT2D eigenvalue weighted by atomic mass is 16.5. The van der Waals surface area contributed by atoms with E-state index in [1.807, 2.05) is 60.8 Å². The van der Waals surface area contributed by atoms with Gasteiger partial charge in [-0.25, -0.2) is 4.98 Å². The minimum absolute atomic E-state index is 0.413. The summed E-state index contributed by atoms with van der Waals surface area (Å²) < 4.78 is 17.0. The standard InChI is InChI=1S/C38H38N4O3/c1-43-33-12-8-29(9-13-33)26-45-36-15-10-30(22-37(36)44-2)20-31-11-14-35-38(34(31)23-39)41-32(24-40-35)21-27-16-18-42(19-17-27)25-28-6-4-3-5-7-28/h3-15,22,24,27H,16-21,25-26H2,1-2H3. The van der Waals surface area contributed by atoms with Gasteiger partial charge in [0.05, 0.1) is 31.0 Å². The smallest absolute Gasteiger partial charge is 0.161 e. The number of hydrogen-bond acceptors (Lipinski definition) is 7. The molecule has 0 spiro atoms. The summed E-state index contributed by atoms with van der Waals surface area (Å²) in [6.07, 6.45) is 5.61. The molecule has 4 aromatic carbocycles. The van der Waals surface area contributed by atoms with Gasteiger partial charge in [-0.15, -0.1) is 0 Å². The van der Waals surface area contributed by atoms with E-state index in [4.69, 9.17) is 24.2 Å². The van der Waals surface area contributed by atoms with Gasteiger partial charge in [-0.1, -0.05) is 54.6 Å². The van der Waals surface area contributed by atoms with Crippen LogP contribution >= 0.6 is 0 Å². The van der Waals surface area contributed by atoms with E-state index in [9.17, 15) is 5.26 Å². The van der Waals surface area contributed by atoms with E-state index in [0.29, 0.717) is 41.5 Å². The summed E-state index contributed by atoms with van der Waals surface area (Å²) in [5.41, 5.74) is 7.30. The molecule has 0 bridgehead atoms. The fourth-order valence-corrected chi connectivity index (χ4v) is 6.06. The monoisotopic (exact) mass is 598 g/mol. The first-order valence-corrected chi connectivity index (χ1v) is 15.5. The fraction of sp³-hybridized carbons (Fsp3) is 0.289. The second-order valence-electron chi connectivity index (χ2n) is 11.6. The van der Waals surface area contributed by atoms with Crippen molar-refractivity contribution in [2.24, 2.45) is 5.92 Å². The Morgan fingerprint density at radius 1 is 0.844 bits per heavy atom. The third-order valence-corrected chi connectivity index (χ3v) is 8.59. The van der Waals surface area contributed by atoms with Crippen molar-refractivity contribution in [2.45, 2.75) is 38.8 Å². The highest BCUT2D eigenvalue weighted by Gasteiger charge is 2.21. The lowest BCUT2D eigenvalue weighted by Gasteiger charge is -2.31. The minimum atomic E-state index is 0.413. The maximum absolute atomic E-state index is 10.2. The maximum Gasteiger partial charge on any atom is 0.161 e. The van der Waals surface area contributed by atoms with Crippen LogP contribution < -0.4 is 14.2 Å². The largest absolute Gasteiger partial charge is 0.497 e. The Bertz CT molecular complexity index is 1780. The number of methoxy groups -OCH3 is 2. The van der Waals surface area contributed by atoms with Gasteiger partial charge in [0.2, 0.25) is 0 Å². The van der Waals surface area contributed by atoms with E-state index >= 15 is 0 Å². The third kappa shape index (κ3) is 7.42. The molecule has 1 aliphatic rings.